The first-order chi connectivity index (χ1) is 8.85. The summed E-state index contributed by atoms with van der Waals surface area (Å²) >= 11 is 0. The van der Waals surface area contributed by atoms with Gasteiger partial charge >= 0.3 is 0 Å². The Bertz CT molecular complexity index is 342. The van der Waals surface area contributed by atoms with E-state index in [0.29, 0.717) is 12.0 Å². The van der Waals surface area contributed by atoms with Gasteiger partial charge in [0.1, 0.15) is 0 Å². The average Bonchev–Trinajstić information content (AvgIpc) is 2.46. The number of aliphatic hydroxyl groups excluding tert-OH is 1. The third-order valence-electron chi connectivity index (χ3n) is 4.01. The Hall–Kier alpha value is -0.900. The van der Waals surface area contributed by atoms with Gasteiger partial charge in [-0.1, -0.05) is 43.2 Å². The number of nitrogens with two attached hydrogens (primary N) is 1. The molecule has 1 aliphatic carbocycles. The van der Waals surface area contributed by atoms with Crippen LogP contribution >= 0.6 is 0 Å². The highest BCUT2D eigenvalue weighted by Gasteiger charge is 2.26. The van der Waals surface area contributed by atoms with E-state index in [2.05, 4.69) is 17.4 Å². The Morgan fingerprint density at radius 3 is 2.61 bits per heavy atom. The number of hydrogen-bond donors (Lipinski definition) is 3. The smallest absolute Gasteiger partial charge is 0.0626 e. The first-order valence-electron chi connectivity index (χ1n) is 6.97. The summed E-state index contributed by atoms with van der Waals surface area (Å²) in [5.41, 5.74) is 7.00. The van der Waals surface area contributed by atoms with Gasteiger partial charge in [-0.2, -0.15) is 0 Å². The zero-order valence-electron chi connectivity index (χ0n) is 10.9. The van der Waals surface area contributed by atoms with E-state index >= 15 is 0 Å². The van der Waals surface area contributed by atoms with Crippen molar-refractivity contribution in [3.63, 3.8) is 0 Å². The third-order valence-corrected chi connectivity index (χ3v) is 4.01. The van der Waals surface area contributed by atoms with Crippen molar-refractivity contribution in [1.82, 2.24) is 5.32 Å². The highest BCUT2D eigenvalue weighted by molar-refractivity contribution is 5.19. The van der Waals surface area contributed by atoms with Gasteiger partial charge < -0.3 is 16.2 Å². The maximum Gasteiger partial charge on any atom is 0.0626 e. The zero-order valence-corrected chi connectivity index (χ0v) is 10.9. The Labute approximate surface area is 109 Å². The average molecular weight is 248 g/mol. The first kappa shape index (κ1) is 13.5. The van der Waals surface area contributed by atoms with Crippen LogP contribution in [0.25, 0.3) is 0 Å². The van der Waals surface area contributed by atoms with Gasteiger partial charge in [0.25, 0.3) is 0 Å². The topological polar surface area (TPSA) is 58.3 Å². The number of rotatable bonds is 5. The molecule has 1 aromatic rings. The molecule has 3 nitrogen and oxygen atoms in total. The van der Waals surface area contributed by atoms with Gasteiger partial charge in [0.2, 0.25) is 0 Å². The molecule has 0 aromatic heterocycles. The molecule has 0 heterocycles. The largest absolute Gasteiger partial charge is 0.394 e. The summed E-state index contributed by atoms with van der Waals surface area (Å²) in [6, 6.07) is 10.6. The molecule has 1 fully saturated rings. The van der Waals surface area contributed by atoms with E-state index in [1.54, 1.807) is 0 Å². The molecule has 0 aliphatic heterocycles. The summed E-state index contributed by atoms with van der Waals surface area (Å²) in [4.78, 5) is 0. The molecule has 4 N–H and O–H groups in total. The van der Waals surface area contributed by atoms with Crippen LogP contribution in [-0.4, -0.2) is 24.3 Å². The lowest BCUT2D eigenvalue weighted by atomic mass is 9.84. The predicted molar refractivity (Wildman–Crippen MR) is 74.2 cm³/mol. The quantitative estimate of drug-likeness (QED) is 0.745. The van der Waals surface area contributed by atoms with Gasteiger partial charge in [0.15, 0.2) is 0 Å². The molecule has 3 atom stereocenters. The van der Waals surface area contributed by atoms with E-state index in [9.17, 15) is 5.11 Å². The van der Waals surface area contributed by atoms with Gasteiger partial charge in [-0.05, 0) is 30.9 Å². The van der Waals surface area contributed by atoms with E-state index in [1.807, 2.05) is 18.2 Å². The molecule has 1 aliphatic rings. The van der Waals surface area contributed by atoms with Crippen LogP contribution in [0.3, 0.4) is 0 Å². The molecule has 1 saturated carbocycles. The molecule has 0 radical (unpaired) electrons. The van der Waals surface area contributed by atoms with Crippen molar-refractivity contribution >= 4 is 0 Å². The Kier molecular flexibility index (Phi) is 5.17. The first-order valence-corrected chi connectivity index (χ1v) is 6.97. The molecule has 0 saturated heterocycles. The molecule has 18 heavy (non-hydrogen) atoms. The van der Waals surface area contributed by atoms with E-state index in [-0.39, 0.29) is 12.6 Å². The molecule has 100 valence electrons. The van der Waals surface area contributed by atoms with Crippen molar-refractivity contribution in [3.05, 3.63) is 35.9 Å². The number of benzene rings is 1. The Balaban J connectivity index is 2.01. The van der Waals surface area contributed by atoms with E-state index in [0.717, 1.165) is 12.1 Å². The van der Waals surface area contributed by atoms with Gasteiger partial charge in [-0.25, -0.2) is 0 Å². The minimum Gasteiger partial charge on any atom is -0.394 e. The summed E-state index contributed by atoms with van der Waals surface area (Å²) in [7, 11) is 0. The van der Waals surface area contributed by atoms with Crippen LogP contribution in [0.15, 0.2) is 30.3 Å². The van der Waals surface area contributed by atoms with Crippen molar-refractivity contribution in [3.8, 4) is 0 Å². The molecular weight excluding hydrogens is 224 g/mol. The van der Waals surface area contributed by atoms with Crippen molar-refractivity contribution in [2.24, 2.45) is 11.7 Å². The van der Waals surface area contributed by atoms with E-state index in [4.69, 9.17) is 5.73 Å². The van der Waals surface area contributed by atoms with Crippen molar-refractivity contribution in [1.29, 1.82) is 0 Å². The second kappa shape index (κ2) is 6.88. The van der Waals surface area contributed by atoms with Crippen molar-refractivity contribution < 1.29 is 5.11 Å². The molecule has 2 rings (SSSR count). The second-order valence-electron chi connectivity index (χ2n) is 5.20. The summed E-state index contributed by atoms with van der Waals surface area (Å²) in [6.07, 6.45) is 4.93. The molecule has 1 aromatic carbocycles. The third kappa shape index (κ3) is 3.31. The van der Waals surface area contributed by atoms with Gasteiger partial charge in [-0.3, -0.25) is 0 Å². The fourth-order valence-electron chi connectivity index (χ4n) is 2.91. The van der Waals surface area contributed by atoms with E-state index in [1.165, 1.54) is 25.7 Å². The molecule has 0 amide bonds. The summed E-state index contributed by atoms with van der Waals surface area (Å²) in [5, 5.41) is 13.2. The summed E-state index contributed by atoms with van der Waals surface area (Å²) < 4.78 is 0. The fourth-order valence-corrected chi connectivity index (χ4v) is 2.91. The van der Waals surface area contributed by atoms with Crippen molar-refractivity contribution in [2.75, 3.05) is 13.2 Å². The maximum atomic E-state index is 9.58. The SMILES string of the molecule is NCC1CCCCC1N[C@@H](CO)c1ccccc1. The molecule has 3 heteroatoms. The van der Waals surface area contributed by atoms with E-state index < -0.39 is 0 Å². The monoisotopic (exact) mass is 248 g/mol. The Morgan fingerprint density at radius 2 is 1.94 bits per heavy atom. The highest BCUT2D eigenvalue weighted by atomic mass is 16.3. The minimum absolute atomic E-state index is 0.0309. The van der Waals surface area contributed by atoms with Gasteiger partial charge in [0.05, 0.1) is 12.6 Å². The lowest BCUT2D eigenvalue weighted by molar-refractivity contribution is 0.192. The molecule has 2 unspecified atom stereocenters. The van der Waals surface area contributed by atoms with Crippen molar-refractivity contribution in [2.45, 2.75) is 37.8 Å². The number of hydrogen-bond acceptors (Lipinski definition) is 3. The predicted octanol–water partition coefficient (Wildman–Crippen LogP) is 1.83. The fraction of sp³-hybridized carbons (Fsp3) is 0.600. The number of aliphatic hydroxyl groups is 1. The van der Waals surface area contributed by atoms with Crippen LogP contribution in [-0.2, 0) is 0 Å². The van der Waals surface area contributed by atoms with Crippen LogP contribution in [0.4, 0.5) is 0 Å². The highest BCUT2D eigenvalue weighted by Crippen LogP contribution is 2.26. The van der Waals surface area contributed by atoms with Gasteiger partial charge in [0, 0.05) is 6.04 Å². The zero-order chi connectivity index (χ0) is 12.8. The Morgan fingerprint density at radius 1 is 1.22 bits per heavy atom. The molecule has 0 bridgehead atoms. The van der Waals surface area contributed by atoms with Crippen LogP contribution in [0.2, 0.25) is 0 Å². The van der Waals surface area contributed by atoms with Crippen LogP contribution in [0.1, 0.15) is 37.3 Å². The lowest BCUT2D eigenvalue weighted by Gasteiger charge is -2.34. The van der Waals surface area contributed by atoms with Crippen LogP contribution < -0.4 is 11.1 Å². The van der Waals surface area contributed by atoms with Crippen LogP contribution in [0.5, 0.6) is 0 Å². The molecular formula is C15H24N2O. The van der Waals surface area contributed by atoms with Crippen LogP contribution in [0, 0.1) is 5.92 Å². The standard InChI is InChI=1S/C15H24N2O/c16-10-13-8-4-5-9-14(13)17-15(11-18)12-6-2-1-3-7-12/h1-3,6-7,13-15,17-18H,4-5,8-11,16H2/t13?,14?,15-/m0/s1. The summed E-state index contributed by atoms with van der Waals surface area (Å²) in [5.74, 6) is 0.552. The summed E-state index contributed by atoms with van der Waals surface area (Å²) in [6.45, 7) is 0.877. The number of nitrogens with one attached hydrogen (secondary N) is 1. The lowest BCUT2D eigenvalue weighted by Crippen LogP contribution is -2.44. The van der Waals surface area contributed by atoms with Gasteiger partial charge in [-0.15, -0.1) is 0 Å². The maximum absolute atomic E-state index is 9.58. The normalized spacial score (nSPS) is 25.9. The second-order valence-corrected chi connectivity index (χ2v) is 5.20. The molecule has 0 spiro atoms. The minimum atomic E-state index is 0.0309.